The predicted octanol–water partition coefficient (Wildman–Crippen LogP) is -0.905. The van der Waals surface area contributed by atoms with E-state index in [-0.39, 0.29) is 11.8 Å². The molecule has 0 saturated heterocycles. The lowest BCUT2D eigenvalue weighted by Crippen LogP contribution is -2.00. The Hall–Kier alpha value is -1.59. The lowest BCUT2D eigenvalue weighted by molar-refractivity contribution is 0.0683. The molecule has 0 aliphatic heterocycles. The Labute approximate surface area is 56.3 Å². The molecule has 0 atom stereocenters. The number of nitrogens with zero attached hydrogens (tertiary/aromatic N) is 3. The summed E-state index contributed by atoms with van der Waals surface area (Å²) >= 11 is 0. The molecule has 0 spiro atoms. The summed E-state index contributed by atoms with van der Waals surface area (Å²) in [5, 5.41) is 11.8. The van der Waals surface area contributed by atoms with Gasteiger partial charge in [0.05, 0.1) is 0 Å². The zero-order chi connectivity index (χ0) is 7.72. The highest BCUT2D eigenvalue weighted by atomic mass is 16.4. The third-order valence-corrected chi connectivity index (χ3v) is 0.988. The normalized spacial score (nSPS) is 9.70. The highest BCUT2D eigenvalue weighted by Crippen LogP contribution is 1.95. The maximum absolute atomic E-state index is 10.2. The van der Waals surface area contributed by atoms with Gasteiger partial charge in [-0.25, -0.2) is 9.48 Å². The van der Waals surface area contributed by atoms with E-state index >= 15 is 0 Å². The van der Waals surface area contributed by atoms with E-state index in [9.17, 15) is 4.79 Å². The number of carboxylic acids is 1. The second-order valence-electron chi connectivity index (χ2n) is 1.72. The van der Waals surface area contributed by atoms with Crippen LogP contribution in [0, 0.1) is 0 Å². The summed E-state index contributed by atoms with van der Waals surface area (Å²) in [4.78, 5) is 13.6. The lowest BCUT2D eigenvalue weighted by Gasteiger charge is -1.84. The van der Waals surface area contributed by atoms with Gasteiger partial charge in [-0.15, -0.1) is 5.10 Å². The lowest BCUT2D eigenvalue weighted by atomic mass is 10.6. The van der Waals surface area contributed by atoms with Gasteiger partial charge in [-0.2, -0.15) is 4.98 Å². The Bertz CT molecular complexity index is 247. The van der Waals surface area contributed by atoms with E-state index in [0.717, 1.165) is 0 Å². The highest BCUT2D eigenvalue weighted by molar-refractivity contribution is 5.83. The molecule has 1 aromatic rings. The molecule has 1 aromatic heterocycles. The highest BCUT2D eigenvalue weighted by Gasteiger charge is 2.09. The first kappa shape index (κ1) is 6.53. The number of rotatable bonds is 1. The van der Waals surface area contributed by atoms with E-state index in [2.05, 4.69) is 10.1 Å². The molecule has 0 saturated carbocycles. The van der Waals surface area contributed by atoms with Gasteiger partial charge in [0.1, 0.15) is 0 Å². The van der Waals surface area contributed by atoms with Gasteiger partial charge < -0.3 is 10.8 Å². The summed E-state index contributed by atoms with van der Waals surface area (Å²) in [5.74, 6) is -1.36. The van der Waals surface area contributed by atoms with Crippen molar-refractivity contribution in [3.05, 3.63) is 5.82 Å². The fourth-order valence-electron chi connectivity index (χ4n) is 0.487. The van der Waals surface area contributed by atoms with Crippen molar-refractivity contribution in [3.63, 3.8) is 0 Å². The Morgan fingerprint density at radius 1 is 1.80 bits per heavy atom. The summed E-state index contributed by atoms with van der Waals surface area (Å²) in [6, 6.07) is 0. The van der Waals surface area contributed by atoms with Crippen LogP contribution in [0.2, 0.25) is 0 Å². The number of carboxylic acid groups (broad SMARTS) is 1. The molecule has 6 nitrogen and oxygen atoms in total. The number of carbonyl (C=O) groups is 1. The quantitative estimate of drug-likeness (QED) is 0.529. The van der Waals surface area contributed by atoms with Gasteiger partial charge in [-0.05, 0) is 0 Å². The summed E-state index contributed by atoms with van der Waals surface area (Å²) < 4.78 is 1.20. The zero-order valence-electron chi connectivity index (χ0n) is 5.27. The van der Waals surface area contributed by atoms with Crippen molar-refractivity contribution in [2.24, 2.45) is 7.05 Å². The van der Waals surface area contributed by atoms with Crippen molar-refractivity contribution < 1.29 is 9.90 Å². The number of nitrogen functional groups attached to an aromatic ring is 1. The molecule has 0 aliphatic rings. The van der Waals surface area contributed by atoms with Crippen molar-refractivity contribution >= 4 is 11.9 Å². The van der Waals surface area contributed by atoms with Crippen LogP contribution in [0.5, 0.6) is 0 Å². The summed E-state index contributed by atoms with van der Waals surface area (Å²) in [5.41, 5.74) is 5.20. The molecule has 1 heterocycles. The van der Waals surface area contributed by atoms with E-state index in [1.54, 1.807) is 0 Å². The van der Waals surface area contributed by atoms with Gasteiger partial charge in [-0.1, -0.05) is 0 Å². The maximum Gasteiger partial charge on any atom is 0.375 e. The average molecular weight is 142 g/mol. The van der Waals surface area contributed by atoms with Crippen molar-refractivity contribution in [1.82, 2.24) is 14.8 Å². The topological polar surface area (TPSA) is 94.0 Å². The third-order valence-electron chi connectivity index (χ3n) is 0.988. The number of aromatic nitrogens is 3. The minimum atomic E-state index is -1.17. The molecule has 1 rings (SSSR count). The van der Waals surface area contributed by atoms with Crippen LogP contribution >= 0.6 is 0 Å². The average Bonchev–Trinajstić information content (AvgIpc) is 2.13. The summed E-state index contributed by atoms with van der Waals surface area (Å²) in [6.07, 6.45) is 0. The van der Waals surface area contributed by atoms with Gasteiger partial charge >= 0.3 is 5.97 Å². The Morgan fingerprint density at radius 3 is 2.60 bits per heavy atom. The molecule has 0 fully saturated rings. The Morgan fingerprint density at radius 2 is 2.40 bits per heavy atom. The zero-order valence-corrected chi connectivity index (χ0v) is 5.27. The molecule has 6 heteroatoms. The Kier molecular flexibility index (Phi) is 1.29. The van der Waals surface area contributed by atoms with Gasteiger partial charge in [0, 0.05) is 7.05 Å². The van der Waals surface area contributed by atoms with Crippen LogP contribution in [0.3, 0.4) is 0 Å². The first-order valence-corrected chi connectivity index (χ1v) is 2.51. The molecule has 0 aromatic carbocycles. The molecule has 0 radical (unpaired) electrons. The summed E-state index contributed by atoms with van der Waals surface area (Å²) in [7, 11) is 1.52. The first-order valence-electron chi connectivity index (χ1n) is 2.51. The van der Waals surface area contributed by atoms with Crippen molar-refractivity contribution in [2.45, 2.75) is 0 Å². The molecule has 0 aliphatic carbocycles. The molecule has 0 bridgehead atoms. The van der Waals surface area contributed by atoms with Gasteiger partial charge in [0.25, 0.3) is 5.82 Å². The van der Waals surface area contributed by atoms with Gasteiger partial charge in [-0.3, -0.25) is 0 Å². The van der Waals surface area contributed by atoms with E-state index < -0.39 is 5.97 Å². The van der Waals surface area contributed by atoms with E-state index in [1.807, 2.05) is 0 Å². The van der Waals surface area contributed by atoms with Crippen LogP contribution in [0.15, 0.2) is 0 Å². The largest absolute Gasteiger partial charge is 0.475 e. The number of aryl methyl sites for hydroxylation is 1. The first-order chi connectivity index (χ1) is 4.61. The number of hydrogen-bond acceptors (Lipinski definition) is 4. The number of hydrogen-bond donors (Lipinski definition) is 2. The SMILES string of the molecule is Cn1nc(C(=O)O)nc1N. The predicted molar refractivity (Wildman–Crippen MR) is 32.4 cm³/mol. The smallest absolute Gasteiger partial charge is 0.375 e. The molecular weight excluding hydrogens is 136 g/mol. The monoisotopic (exact) mass is 142 g/mol. The standard InChI is InChI=1S/C4H6N4O2/c1-8-4(5)6-2(7-8)3(9)10/h1H3,(H,9,10)(H2,5,6,7). The van der Waals surface area contributed by atoms with Crippen LogP contribution in [-0.4, -0.2) is 25.8 Å². The molecule has 54 valence electrons. The minimum Gasteiger partial charge on any atom is -0.475 e. The number of anilines is 1. The fourth-order valence-corrected chi connectivity index (χ4v) is 0.487. The van der Waals surface area contributed by atoms with Crippen molar-refractivity contribution in [2.75, 3.05) is 5.73 Å². The summed E-state index contributed by atoms with van der Waals surface area (Å²) in [6.45, 7) is 0. The Balaban J connectivity index is 3.10. The van der Waals surface area contributed by atoms with Crippen LogP contribution in [0.25, 0.3) is 0 Å². The second kappa shape index (κ2) is 1.98. The van der Waals surface area contributed by atoms with E-state index in [1.165, 1.54) is 11.7 Å². The number of aromatic carboxylic acids is 1. The fraction of sp³-hybridized carbons (Fsp3) is 0.250. The second-order valence-corrected chi connectivity index (χ2v) is 1.72. The maximum atomic E-state index is 10.2. The van der Waals surface area contributed by atoms with Crippen LogP contribution in [-0.2, 0) is 7.05 Å². The van der Waals surface area contributed by atoms with Crippen LogP contribution in [0.4, 0.5) is 5.95 Å². The third kappa shape index (κ3) is 0.903. The van der Waals surface area contributed by atoms with E-state index in [0.29, 0.717) is 0 Å². The van der Waals surface area contributed by atoms with Crippen molar-refractivity contribution in [1.29, 1.82) is 0 Å². The van der Waals surface area contributed by atoms with Crippen LogP contribution in [0.1, 0.15) is 10.6 Å². The van der Waals surface area contributed by atoms with E-state index in [4.69, 9.17) is 10.8 Å². The molecule has 0 unspecified atom stereocenters. The molecule has 3 N–H and O–H groups in total. The molecule has 10 heavy (non-hydrogen) atoms. The number of nitrogens with two attached hydrogens (primary N) is 1. The molecular formula is C4H6N4O2. The molecule has 0 amide bonds. The van der Waals surface area contributed by atoms with Gasteiger partial charge in [0.2, 0.25) is 5.95 Å². The van der Waals surface area contributed by atoms with Crippen molar-refractivity contribution in [3.8, 4) is 0 Å². The minimum absolute atomic E-state index is 0.0948. The van der Waals surface area contributed by atoms with Crippen LogP contribution < -0.4 is 5.73 Å². The van der Waals surface area contributed by atoms with Gasteiger partial charge in [0.15, 0.2) is 0 Å².